The Bertz CT molecular complexity index is 538. The van der Waals surface area contributed by atoms with Gasteiger partial charge in [-0.3, -0.25) is 15.6 Å². The summed E-state index contributed by atoms with van der Waals surface area (Å²) >= 11 is 3.32. The molecule has 1 aromatic rings. The van der Waals surface area contributed by atoms with Gasteiger partial charge in [-0.15, -0.1) is 12.3 Å². The normalized spacial score (nSPS) is 9.45. The molecular formula is C14H15BrN2O3. The molecule has 0 aromatic heterocycles. The minimum absolute atomic E-state index is 0.171. The second-order valence-electron chi connectivity index (χ2n) is 3.92. The molecule has 0 bridgehead atoms. The first-order chi connectivity index (χ1) is 9.58. The van der Waals surface area contributed by atoms with E-state index >= 15 is 0 Å². The molecule has 0 saturated carbocycles. The van der Waals surface area contributed by atoms with Gasteiger partial charge in [0, 0.05) is 17.3 Å². The minimum Gasteiger partial charge on any atom is -0.465 e. The quantitative estimate of drug-likeness (QED) is 0.362. The fourth-order valence-corrected chi connectivity index (χ4v) is 1.76. The summed E-state index contributed by atoms with van der Waals surface area (Å²) in [5, 5.41) is 0. The highest BCUT2D eigenvalue weighted by molar-refractivity contribution is 9.10. The number of hydrogen-bond donors (Lipinski definition) is 2. The number of terminal acetylenes is 1. The molecule has 6 heteroatoms. The Kier molecular flexibility index (Phi) is 6.60. The van der Waals surface area contributed by atoms with E-state index in [4.69, 9.17) is 6.42 Å². The standard InChI is InChI=1S/C14H15BrN2O3/c1-3-4-5-6-13(18)17-16-12-9-10(14(19)20-2)7-8-11(12)15/h1,7-9,16H,4-6H2,2H3,(H,17,18). The van der Waals surface area contributed by atoms with E-state index in [1.807, 2.05) is 0 Å². The molecule has 0 aliphatic rings. The zero-order valence-corrected chi connectivity index (χ0v) is 12.6. The topological polar surface area (TPSA) is 67.4 Å². The first-order valence-corrected chi connectivity index (χ1v) is 6.74. The van der Waals surface area contributed by atoms with E-state index in [1.54, 1.807) is 18.2 Å². The smallest absolute Gasteiger partial charge is 0.337 e. The number of hydrazine groups is 1. The summed E-state index contributed by atoms with van der Waals surface area (Å²) in [5.41, 5.74) is 6.25. The number of hydrogen-bond acceptors (Lipinski definition) is 4. The fourth-order valence-electron chi connectivity index (χ4n) is 1.42. The minimum atomic E-state index is -0.444. The number of unbranched alkanes of at least 4 members (excludes halogenated alkanes) is 1. The molecular weight excluding hydrogens is 324 g/mol. The number of ether oxygens (including phenoxy) is 1. The number of carbonyl (C=O) groups is 2. The van der Waals surface area contributed by atoms with Crippen LogP contribution in [0.1, 0.15) is 29.6 Å². The number of methoxy groups -OCH3 is 1. The van der Waals surface area contributed by atoms with Crippen LogP contribution in [-0.4, -0.2) is 19.0 Å². The summed E-state index contributed by atoms with van der Waals surface area (Å²) in [6, 6.07) is 4.90. The van der Waals surface area contributed by atoms with Gasteiger partial charge in [0.25, 0.3) is 0 Å². The maximum absolute atomic E-state index is 11.5. The highest BCUT2D eigenvalue weighted by Gasteiger charge is 2.09. The molecule has 1 amide bonds. The molecule has 0 unspecified atom stereocenters. The zero-order chi connectivity index (χ0) is 15.0. The fraction of sp³-hybridized carbons (Fsp3) is 0.286. The molecule has 0 aliphatic carbocycles. The van der Waals surface area contributed by atoms with Gasteiger partial charge < -0.3 is 4.74 Å². The Morgan fingerprint density at radius 1 is 1.45 bits per heavy atom. The number of rotatable bonds is 6. The second-order valence-corrected chi connectivity index (χ2v) is 4.77. The second kappa shape index (κ2) is 8.23. The number of carbonyl (C=O) groups excluding carboxylic acids is 2. The van der Waals surface area contributed by atoms with E-state index in [9.17, 15) is 9.59 Å². The number of halogens is 1. The van der Waals surface area contributed by atoms with Crippen molar-refractivity contribution >= 4 is 33.5 Å². The first-order valence-electron chi connectivity index (χ1n) is 5.94. The predicted molar refractivity (Wildman–Crippen MR) is 79.9 cm³/mol. The largest absolute Gasteiger partial charge is 0.465 e. The lowest BCUT2D eigenvalue weighted by molar-refractivity contribution is -0.120. The van der Waals surface area contributed by atoms with Gasteiger partial charge in [0.1, 0.15) is 0 Å². The Hall–Kier alpha value is -2.00. The van der Waals surface area contributed by atoms with E-state index in [0.29, 0.717) is 35.0 Å². The summed E-state index contributed by atoms with van der Waals surface area (Å²) in [6.45, 7) is 0. The maximum Gasteiger partial charge on any atom is 0.337 e. The van der Waals surface area contributed by atoms with Crippen LogP contribution in [0.3, 0.4) is 0 Å². The summed E-state index contributed by atoms with van der Waals surface area (Å²) in [7, 11) is 1.31. The summed E-state index contributed by atoms with van der Waals surface area (Å²) in [6.07, 6.45) is 6.65. The van der Waals surface area contributed by atoms with E-state index < -0.39 is 5.97 Å². The van der Waals surface area contributed by atoms with Crippen LogP contribution in [0.5, 0.6) is 0 Å². The molecule has 0 spiro atoms. The molecule has 0 heterocycles. The van der Waals surface area contributed by atoms with Crippen molar-refractivity contribution in [2.24, 2.45) is 0 Å². The van der Waals surface area contributed by atoms with Crippen LogP contribution >= 0.6 is 15.9 Å². The van der Waals surface area contributed by atoms with Crippen LogP contribution in [0.4, 0.5) is 5.69 Å². The number of esters is 1. The van der Waals surface area contributed by atoms with Gasteiger partial charge in [-0.2, -0.15) is 0 Å². The van der Waals surface area contributed by atoms with E-state index in [-0.39, 0.29) is 5.91 Å². The van der Waals surface area contributed by atoms with E-state index in [2.05, 4.69) is 37.4 Å². The van der Waals surface area contributed by atoms with Crippen molar-refractivity contribution in [3.05, 3.63) is 28.2 Å². The molecule has 2 N–H and O–H groups in total. The molecule has 0 fully saturated rings. The highest BCUT2D eigenvalue weighted by Crippen LogP contribution is 2.23. The molecule has 1 rings (SSSR count). The van der Waals surface area contributed by atoms with E-state index in [0.717, 1.165) is 0 Å². The summed E-state index contributed by atoms with van der Waals surface area (Å²) in [5.74, 6) is 1.86. The number of nitrogens with one attached hydrogen (secondary N) is 2. The molecule has 0 radical (unpaired) electrons. The molecule has 0 aliphatic heterocycles. The van der Waals surface area contributed by atoms with Crippen molar-refractivity contribution in [2.75, 3.05) is 12.5 Å². The first kappa shape index (κ1) is 16.1. The molecule has 0 atom stereocenters. The lowest BCUT2D eigenvalue weighted by Gasteiger charge is -2.11. The van der Waals surface area contributed by atoms with Crippen molar-refractivity contribution in [1.82, 2.24) is 5.43 Å². The van der Waals surface area contributed by atoms with Gasteiger partial charge in [-0.25, -0.2) is 4.79 Å². The van der Waals surface area contributed by atoms with Crippen molar-refractivity contribution in [3.63, 3.8) is 0 Å². The average Bonchev–Trinajstić information content (AvgIpc) is 2.46. The van der Waals surface area contributed by atoms with E-state index in [1.165, 1.54) is 7.11 Å². The Labute approximate surface area is 126 Å². The Morgan fingerprint density at radius 2 is 2.20 bits per heavy atom. The van der Waals surface area contributed by atoms with Gasteiger partial charge in [-0.1, -0.05) is 0 Å². The van der Waals surface area contributed by atoms with Crippen LogP contribution < -0.4 is 10.9 Å². The van der Waals surface area contributed by atoms with Gasteiger partial charge in [0.15, 0.2) is 0 Å². The molecule has 20 heavy (non-hydrogen) atoms. The lowest BCUT2D eigenvalue weighted by atomic mass is 10.2. The molecule has 1 aromatic carbocycles. The van der Waals surface area contributed by atoms with Crippen LogP contribution in [-0.2, 0) is 9.53 Å². The van der Waals surface area contributed by atoms with Gasteiger partial charge in [0.05, 0.1) is 18.4 Å². The average molecular weight is 339 g/mol. The van der Waals surface area contributed by atoms with Crippen molar-refractivity contribution in [3.8, 4) is 12.3 Å². The van der Waals surface area contributed by atoms with Gasteiger partial charge >= 0.3 is 5.97 Å². The SMILES string of the molecule is C#CCCCC(=O)NNc1cc(C(=O)OC)ccc1Br. The summed E-state index contributed by atoms with van der Waals surface area (Å²) in [4.78, 5) is 22.9. The molecule has 0 saturated heterocycles. The third-order valence-corrected chi connectivity index (χ3v) is 3.14. The van der Waals surface area contributed by atoms with Gasteiger partial charge in [0.2, 0.25) is 5.91 Å². The van der Waals surface area contributed by atoms with Crippen LogP contribution in [0.25, 0.3) is 0 Å². The monoisotopic (exact) mass is 338 g/mol. The number of anilines is 1. The van der Waals surface area contributed by atoms with Crippen molar-refractivity contribution in [1.29, 1.82) is 0 Å². The highest BCUT2D eigenvalue weighted by atomic mass is 79.9. The number of amides is 1. The summed E-state index contributed by atoms with van der Waals surface area (Å²) < 4.78 is 5.35. The third-order valence-electron chi connectivity index (χ3n) is 2.45. The van der Waals surface area contributed by atoms with Crippen LogP contribution in [0, 0.1) is 12.3 Å². The molecule has 5 nitrogen and oxygen atoms in total. The van der Waals surface area contributed by atoms with Crippen LogP contribution in [0.15, 0.2) is 22.7 Å². The zero-order valence-electron chi connectivity index (χ0n) is 11.0. The maximum atomic E-state index is 11.5. The van der Waals surface area contributed by atoms with Crippen molar-refractivity contribution < 1.29 is 14.3 Å². The third kappa shape index (κ3) is 4.94. The lowest BCUT2D eigenvalue weighted by Crippen LogP contribution is -2.29. The Morgan fingerprint density at radius 3 is 2.85 bits per heavy atom. The predicted octanol–water partition coefficient (Wildman–Crippen LogP) is 2.48. The van der Waals surface area contributed by atoms with Gasteiger partial charge in [-0.05, 0) is 40.5 Å². The van der Waals surface area contributed by atoms with Crippen LogP contribution in [0.2, 0.25) is 0 Å². The van der Waals surface area contributed by atoms with Crippen molar-refractivity contribution in [2.45, 2.75) is 19.3 Å². The molecule has 106 valence electrons. The Balaban J connectivity index is 2.61. The number of benzene rings is 1.